The Labute approximate surface area is 151 Å². The van der Waals surface area contributed by atoms with Gasteiger partial charge in [0.25, 0.3) is 5.69 Å². The normalized spacial score (nSPS) is 16.9. The second-order valence-corrected chi connectivity index (χ2v) is 6.88. The Bertz CT molecular complexity index is 765. The van der Waals surface area contributed by atoms with Gasteiger partial charge in [0.2, 0.25) is 5.91 Å². The van der Waals surface area contributed by atoms with E-state index in [1.807, 2.05) is 6.07 Å². The molecule has 0 spiro atoms. The highest BCUT2D eigenvalue weighted by molar-refractivity contribution is 5.98. The molecule has 0 aliphatic heterocycles. The van der Waals surface area contributed by atoms with Crippen molar-refractivity contribution in [3.8, 4) is 6.07 Å². The molecule has 1 aromatic rings. The molecule has 0 heterocycles. The number of carboxylic acid groups (broad SMARTS) is 1. The maximum Gasteiger partial charge on any atom is 0.304 e. The lowest BCUT2D eigenvalue weighted by Gasteiger charge is -2.37. The third-order valence-corrected chi connectivity index (χ3v) is 5.13. The number of carboxylic acids is 1. The van der Waals surface area contributed by atoms with Crippen LogP contribution in [-0.4, -0.2) is 21.9 Å². The van der Waals surface area contributed by atoms with Gasteiger partial charge in [0.05, 0.1) is 28.0 Å². The Kier molecular flexibility index (Phi) is 5.93. The molecular formula is C18H21N3O5. The Morgan fingerprint density at radius 3 is 2.58 bits per heavy atom. The molecule has 1 atom stereocenters. The molecule has 0 aromatic heterocycles. The first-order valence-corrected chi connectivity index (χ1v) is 8.49. The van der Waals surface area contributed by atoms with E-state index in [-0.39, 0.29) is 29.3 Å². The average molecular weight is 359 g/mol. The zero-order valence-corrected chi connectivity index (χ0v) is 14.5. The number of nitrogens with zero attached hydrogens (tertiary/aromatic N) is 2. The highest BCUT2D eigenvalue weighted by atomic mass is 16.6. The molecule has 2 rings (SSSR count). The molecule has 1 aromatic carbocycles. The van der Waals surface area contributed by atoms with E-state index in [4.69, 9.17) is 0 Å². The highest BCUT2D eigenvalue weighted by Crippen LogP contribution is 2.42. The van der Waals surface area contributed by atoms with Gasteiger partial charge in [-0.1, -0.05) is 19.3 Å². The van der Waals surface area contributed by atoms with Gasteiger partial charge in [-0.15, -0.1) is 0 Å². The number of nitro groups is 1. The molecule has 1 saturated carbocycles. The van der Waals surface area contributed by atoms with Crippen molar-refractivity contribution in [1.82, 2.24) is 0 Å². The molecule has 1 fully saturated rings. The van der Waals surface area contributed by atoms with E-state index >= 15 is 0 Å². The fourth-order valence-corrected chi connectivity index (χ4v) is 3.58. The molecule has 0 saturated heterocycles. The van der Waals surface area contributed by atoms with Crippen LogP contribution in [-0.2, 0) is 9.59 Å². The van der Waals surface area contributed by atoms with E-state index in [9.17, 15) is 30.1 Å². The lowest BCUT2D eigenvalue weighted by molar-refractivity contribution is -0.384. The second-order valence-electron chi connectivity index (χ2n) is 6.88. The molecule has 0 bridgehead atoms. The van der Waals surface area contributed by atoms with Crippen LogP contribution in [0.15, 0.2) is 18.2 Å². The minimum atomic E-state index is -1.11. The zero-order valence-electron chi connectivity index (χ0n) is 14.5. The van der Waals surface area contributed by atoms with Crippen LogP contribution in [0.2, 0.25) is 0 Å². The summed E-state index contributed by atoms with van der Waals surface area (Å²) in [4.78, 5) is 34.5. The summed E-state index contributed by atoms with van der Waals surface area (Å²) in [5.41, 5.74) is -1.25. The average Bonchev–Trinajstić information content (AvgIpc) is 2.61. The Morgan fingerprint density at radius 2 is 2.04 bits per heavy atom. The van der Waals surface area contributed by atoms with Crippen LogP contribution >= 0.6 is 0 Å². The number of nitro benzene ring substituents is 1. The molecule has 2 N–H and O–H groups in total. The molecule has 1 aliphatic carbocycles. The molecule has 138 valence electrons. The minimum Gasteiger partial charge on any atom is -0.481 e. The van der Waals surface area contributed by atoms with Crippen molar-refractivity contribution in [2.24, 2.45) is 11.3 Å². The van der Waals surface area contributed by atoms with Gasteiger partial charge in [-0.3, -0.25) is 19.7 Å². The van der Waals surface area contributed by atoms with Crippen molar-refractivity contribution < 1.29 is 19.6 Å². The first kappa shape index (κ1) is 19.4. The number of hydrogen-bond acceptors (Lipinski definition) is 5. The number of non-ortho nitro benzene ring substituents is 1. The number of hydrogen-bond donors (Lipinski definition) is 2. The van der Waals surface area contributed by atoms with E-state index in [0.717, 1.165) is 38.2 Å². The predicted molar refractivity (Wildman–Crippen MR) is 93.4 cm³/mol. The van der Waals surface area contributed by atoms with E-state index in [1.54, 1.807) is 6.92 Å². The third-order valence-electron chi connectivity index (χ3n) is 5.13. The third kappa shape index (κ3) is 4.17. The van der Waals surface area contributed by atoms with Gasteiger partial charge in [0.1, 0.15) is 6.07 Å². The second kappa shape index (κ2) is 7.95. The van der Waals surface area contributed by atoms with Crippen molar-refractivity contribution in [3.05, 3.63) is 33.9 Å². The van der Waals surface area contributed by atoms with E-state index in [0.29, 0.717) is 0 Å². The fourth-order valence-electron chi connectivity index (χ4n) is 3.58. The molecule has 1 unspecified atom stereocenters. The van der Waals surface area contributed by atoms with Crippen molar-refractivity contribution in [2.75, 3.05) is 5.32 Å². The quantitative estimate of drug-likeness (QED) is 0.590. The molecular weight excluding hydrogens is 338 g/mol. The predicted octanol–water partition coefficient (Wildman–Crippen LogP) is 3.47. The largest absolute Gasteiger partial charge is 0.481 e. The van der Waals surface area contributed by atoms with Crippen LogP contribution in [0.3, 0.4) is 0 Å². The number of nitrogens with one attached hydrogen (secondary N) is 1. The SMILES string of the molecule is CC(CC(=O)O)(C(=O)Nc1ccc([N+](=O)[O-])cc1C#N)C1CCCCC1. The Morgan fingerprint density at radius 1 is 1.38 bits per heavy atom. The summed E-state index contributed by atoms with van der Waals surface area (Å²) < 4.78 is 0. The summed E-state index contributed by atoms with van der Waals surface area (Å²) in [6, 6.07) is 5.42. The molecule has 26 heavy (non-hydrogen) atoms. The van der Waals surface area contributed by atoms with Crippen molar-refractivity contribution >= 4 is 23.3 Å². The van der Waals surface area contributed by atoms with Gasteiger partial charge in [-0.2, -0.15) is 5.26 Å². The topological polar surface area (TPSA) is 133 Å². The van der Waals surface area contributed by atoms with E-state index in [2.05, 4.69) is 5.32 Å². The van der Waals surface area contributed by atoms with Gasteiger partial charge in [0.15, 0.2) is 0 Å². The van der Waals surface area contributed by atoms with Crippen LogP contribution < -0.4 is 5.32 Å². The van der Waals surface area contributed by atoms with Crippen LogP contribution in [0.4, 0.5) is 11.4 Å². The van der Waals surface area contributed by atoms with Gasteiger partial charge in [-0.25, -0.2) is 0 Å². The van der Waals surface area contributed by atoms with Crippen molar-refractivity contribution in [3.63, 3.8) is 0 Å². The first-order chi connectivity index (χ1) is 12.3. The summed E-state index contributed by atoms with van der Waals surface area (Å²) >= 11 is 0. The minimum absolute atomic E-state index is 0.0335. The number of aliphatic carboxylic acids is 1. The maximum absolute atomic E-state index is 12.9. The van der Waals surface area contributed by atoms with Gasteiger partial charge in [0, 0.05) is 12.1 Å². The lowest BCUT2D eigenvalue weighted by Crippen LogP contribution is -2.42. The van der Waals surface area contributed by atoms with Gasteiger partial charge >= 0.3 is 5.97 Å². The Hall–Kier alpha value is -2.95. The van der Waals surface area contributed by atoms with E-state index < -0.39 is 22.2 Å². The number of carbonyl (C=O) groups is 2. The molecule has 8 heteroatoms. The van der Waals surface area contributed by atoms with Crippen LogP contribution in [0, 0.1) is 32.8 Å². The van der Waals surface area contributed by atoms with Crippen LogP contribution in [0.25, 0.3) is 0 Å². The summed E-state index contributed by atoms with van der Waals surface area (Å²) in [6.07, 6.45) is 4.23. The number of nitriles is 1. The zero-order chi connectivity index (χ0) is 19.3. The van der Waals surface area contributed by atoms with Gasteiger partial charge < -0.3 is 10.4 Å². The standard InChI is InChI=1S/C18H21N3O5/c1-18(10-16(22)23,13-5-3-2-4-6-13)17(24)20-15-8-7-14(21(25)26)9-12(15)11-19/h7-9,13H,2-6,10H2,1H3,(H,20,24)(H,22,23). The van der Waals surface area contributed by atoms with Crippen LogP contribution in [0.5, 0.6) is 0 Å². The van der Waals surface area contributed by atoms with Crippen molar-refractivity contribution in [1.29, 1.82) is 5.26 Å². The first-order valence-electron chi connectivity index (χ1n) is 8.49. The lowest BCUT2D eigenvalue weighted by atomic mass is 9.67. The van der Waals surface area contributed by atoms with Crippen LogP contribution in [0.1, 0.15) is 51.0 Å². The molecule has 0 radical (unpaired) electrons. The summed E-state index contributed by atoms with van der Waals surface area (Å²) in [5, 5.41) is 32.0. The molecule has 8 nitrogen and oxygen atoms in total. The Balaban J connectivity index is 2.30. The number of amides is 1. The smallest absolute Gasteiger partial charge is 0.304 e. The molecule has 1 aliphatic rings. The van der Waals surface area contributed by atoms with Crippen molar-refractivity contribution in [2.45, 2.75) is 45.4 Å². The highest BCUT2D eigenvalue weighted by Gasteiger charge is 2.43. The molecule has 1 amide bonds. The maximum atomic E-state index is 12.9. The number of carbonyl (C=O) groups excluding carboxylic acids is 1. The number of anilines is 1. The summed E-state index contributed by atoms with van der Waals surface area (Å²) in [5.74, 6) is -1.59. The summed E-state index contributed by atoms with van der Waals surface area (Å²) in [6.45, 7) is 1.64. The monoisotopic (exact) mass is 359 g/mol. The number of rotatable bonds is 6. The summed E-state index contributed by atoms with van der Waals surface area (Å²) in [7, 11) is 0. The fraction of sp³-hybridized carbons (Fsp3) is 0.500. The number of benzene rings is 1. The van der Waals surface area contributed by atoms with E-state index in [1.165, 1.54) is 12.1 Å². The van der Waals surface area contributed by atoms with Gasteiger partial charge in [-0.05, 0) is 31.7 Å².